The van der Waals surface area contributed by atoms with Gasteiger partial charge in [-0.3, -0.25) is 0 Å². The van der Waals surface area contributed by atoms with E-state index >= 15 is 0 Å². The molecule has 1 heterocycles. The Morgan fingerprint density at radius 2 is 1.95 bits per heavy atom. The van der Waals surface area contributed by atoms with Crippen LogP contribution in [0.2, 0.25) is 0 Å². The molecule has 0 aliphatic rings. The highest BCUT2D eigenvalue weighted by Crippen LogP contribution is 2.25. The lowest BCUT2D eigenvalue weighted by Crippen LogP contribution is -1.99. The van der Waals surface area contributed by atoms with Crippen LogP contribution in [0.4, 0.5) is 0 Å². The quantitative estimate of drug-likeness (QED) is 0.665. The molecule has 94 valence electrons. The molecule has 19 heavy (non-hydrogen) atoms. The highest BCUT2D eigenvalue weighted by Gasteiger charge is 2.12. The molecule has 0 unspecified atom stereocenters. The van der Waals surface area contributed by atoms with E-state index in [0.29, 0.717) is 5.01 Å². The Bertz CT molecular complexity index is 748. The first kappa shape index (κ1) is 11.9. The van der Waals surface area contributed by atoms with Crippen molar-refractivity contribution in [2.45, 2.75) is 0 Å². The normalized spacial score (nSPS) is 10.6. The van der Waals surface area contributed by atoms with Gasteiger partial charge in [-0.15, -0.1) is 11.3 Å². The molecule has 0 aliphatic heterocycles. The Morgan fingerprint density at radius 3 is 2.74 bits per heavy atom. The van der Waals surface area contributed by atoms with Crippen LogP contribution in [0.1, 0.15) is 9.80 Å². The third-order valence-corrected chi connectivity index (χ3v) is 3.73. The van der Waals surface area contributed by atoms with Crippen molar-refractivity contribution >= 4 is 28.1 Å². The number of esters is 1. The third kappa shape index (κ3) is 2.22. The molecule has 3 rings (SSSR count). The minimum atomic E-state index is -0.392. The Morgan fingerprint density at radius 1 is 1.16 bits per heavy atom. The lowest BCUT2D eigenvalue weighted by atomic mass is 10.1. The van der Waals surface area contributed by atoms with E-state index in [2.05, 4.69) is 34.0 Å². The van der Waals surface area contributed by atoms with E-state index in [1.807, 2.05) is 23.6 Å². The lowest BCUT2D eigenvalue weighted by Gasteiger charge is -2.00. The van der Waals surface area contributed by atoms with Crippen molar-refractivity contribution in [2.24, 2.45) is 0 Å². The number of aromatic nitrogens is 1. The van der Waals surface area contributed by atoms with Crippen molar-refractivity contribution < 1.29 is 9.53 Å². The molecule has 0 atom stereocenters. The van der Waals surface area contributed by atoms with Crippen molar-refractivity contribution in [1.29, 1.82) is 0 Å². The van der Waals surface area contributed by atoms with Gasteiger partial charge in [-0.05, 0) is 16.8 Å². The maximum absolute atomic E-state index is 11.4. The second-order valence-electron chi connectivity index (χ2n) is 4.09. The number of benzene rings is 2. The fraction of sp³-hybridized carbons (Fsp3) is 0.0667. The van der Waals surface area contributed by atoms with Gasteiger partial charge in [-0.2, -0.15) is 0 Å². The zero-order valence-electron chi connectivity index (χ0n) is 10.3. The van der Waals surface area contributed by atoms with Gasteiger partial charge in [0.15, 0.2) is 0 Å². The van der Waals surface area contributed by atoms with Crippen molar-refractivity contribution in [3.63, 3.8) is 0 Å². The first-order valence-corrected chi connectivity index (χ1v) is 6.69. The van der Waals surface area contributed by atoms with E-state index in [0.717, 1.165) is 16.6 Å². The van der Waals surface area contributed by atoms with Crippen molar-refractivity contribution in [2.75, 3.05) is 7.11 Å². The smallest absolute Gasteiger partial charge is 0.367 e. The molecule has 2 aromatic carbocycles. The van der Waals surface area contributed by atoms with Crippen LogP contribution in [0, 0.1) is 0 Å². The van der Waals surface area contributed by atoms with Gasteiger partial charge in [-0.1, -0.05) is 36.4 Å². The molecule has 1 aromatic heterocycles. The Kier molecular flexibility index (Phi) is 3.01. The molecule has 0 N–H and O–H groups in total. The standard InChI is InChI=1S/C15H11NO2S/c1-18-15(17)14-16-13(9-19-14)12-7-6-10-4-2-3-5-11(10)8-12/h2-9H,1H3. The summed E-state index contributed by atoms with van der Waals surface area (Å²) < 4.78 is 4.66. The van der Waals surface area contributed by atoms with Gasteiger partial charge in [0.05, 0.1) is 12.8 Å². The lowest BCUT2D eigenvalue weighted by molar-refractivity contribution is 0.0600. The first-order chi connectivity index (χ1) is 9.28. The Hall–Kier alpha value is -2.20. The maximum Gasteiger partial charge on any atom is 0.367 e. The summed E-state index contributed by atoms with van der Waals surface area (Å²) in [5, 5.41) is 4.60. The molecule has 3 aromatic rings. The number of hydrogen-bond donors (Lipinski definition) is 0. The molecule has 0 spiro atoms. The summed E-state index contributed by atoms with van der Waals surface area (Å²) in [6, 6.07) is 14.3. The topological polar surface area (TPSA) is 39.2 Å². The van der Waals surface area contributed by atoms with Crippen molar-refractivity contribution in [1.82, 2.24) is 4.98 Å². The van der Waals surface area contributed by atoms with E-state index in [1.165, 1.54) is 23.8 Å². The van der Waals surface area contributed by atoms with Crippen LogP contribution in [0.5, 0.6) is 0 Å². The number of carbonyl (C=O) groups is 1. The SMILES string of the molecule is COC(=O)c1nc(-c2ccc3ccccc3c2)cs1. The zero-order valence-corrected chi connectivity index (χ0v) is 11.1. The van der Waals surface area contributed by atoms with E-state index < -0.39 is 5.97 Å². The molecule has 4 heteroatoms. The Balaban J connectivity index is 2.04. The zero-order chi connectivity index (χ0) is 13.2. The predicted octanol–water partition coefficient (Wildman–Crippen LogP) is 3.75. The van der Waals surface area contributed by atoms with Gasteiger partial charge >= 0.3 is 5.97 Å². The average Bonchev–Trinajstić information content (AvgIpc) is 2.95. The summed E-state index contributed by atoms with van der Waals surface area (Å²) >= 11 is 1.30. The minimum absolute atomic E-state index is 0.380. The fourth-order valence-corrected chi connectivity index (χ4v) is 2.68. The number of nitrogens with zero attached hydrogens (tertiary/aromatic N) is 1. The molecule has 0 bridgehead atoms. The van der Waals surface area contributed by atoms with Crippen LogP contribution in [-0.4, -0.2) is 18.1 Å². The number of thiazole rings is 1. The van der Waals surface area contributed by atoms with Crippen LogP contribution in [0.25, 0.3) is 22.0 Å². The third-order valence-electron chi connectivity index (χ3n) is 2.91. The molecule has 3 nitrogen and oxygen atoms in total. The van der Waals surface area contributed by atoms with Gasteiger partial charge in [0.25, 0.3) is 0 Å². The second-order valence-corrected chi connectivity index (χ2v) is 4.95. The highest BCUT2D eigenvalue weighted by atomic mass is 32.1. The van der Waals surface area contributed by atoms with Crippen LogP contribution in [0.3, 0.4) is 0 Å². The molecular weight excluding hydrogens is 258 g/mol. The van der Waals surface area contributed by atoms with Crippen molar-refractivity contribution in [3.05, 3.63) is 52.9 Å². The highest BCUT2D eigenvalue weighted by molar-refractivity contribution is 7.11. The van der Waals surface area contributed by atoms with Gasteiger partial charge in [0.2, 0.25) is 5.01 Å². The van der Waals surface area contributed by atoms with Crippen LogP contribution >= 0.6 is 11.3 Å². The van der Waals surface area contributed by atoms with Crippen molar-refractivity contribution in [3.8, 4) is 11.3 Å². The number of rotatable bonds is 2. The molecule has 0 radical (unpaired) electrons. The molecular formula is C15H11NO2S. The van der Waals surface area contributed by atoms with Crippen LogP contribution in [-0.2, 0) is 4.74 Å². The van der Waals surface area contributed by atoms with E-state index in [1.54, 1.807) is 0 Å². The molecule has 0 fully saturated rings. The summed E-state index contributed by atoms with van der Waals surface area (Å²) in [6.07, 6.45) is 0. The second kappa shape index (κ2) is 4.82. The molecule has 0 saturated carbocycles. The summed E-state index contributed by atoms with van der Waals surface area (Å²) in [4.78, 5) is 15.7. The summed E-state index contributed by atoms with van der Waals surface area (Å²) in [6.45, 7) is 0. The number of fused-ring (bicyclic) bond motifs is 1. The van der Waals surface area contributed by atoms with E-state index in [9.17, 15) is 4.79 Å². The van der Waals surface area contributed by atoms with Crippen LogP contribution in [0.15, 0.2) is 47.8 Å². The summed E-state index contributed by atoms with van der Waals surface area (Å²) in [7, 11) is 1.36. The number of methoxy groups -OCH3 is 1. The first-order valence-electron chi connectivity index (χ1n) is 5.81. The van der Waals surface area contributed by atoms with Gasteiger partial charge in [-0.25, -0.2) is 9.78 Å². The molecule has 0 aliphatic carbocycles. The van der Waals surface area contributed by atoms with E-state index in [-0.39, 0.29) is 0 Å². The van der Waals surface area contributed by atoms with Gasteiger partial charge in [0, 0.05) is 10.9 Å². The maximum atomic E-state index is 11.4. The predicted molar refractivity (Wildman–Crippen MR) is 76.4 cm³/mol. The number of hydrogen-bond acceptors (Lipinski definition) is 4. The summed E-state index contributed by atoms with van der Waals surface area (Å²) in [5.74, 6) is -0.392. The number of ether oxygens (including phenoxy) is 1. The average molecular weight is 269 g/mol. The fourth-order valence-electron chi connectivity index (χ4n) is 1.94. The van der Waals surface area contributed by atoms with Gasteiger partial charge < -0.3 is 4.74 Å². The minimum Gasteiger partial charge on any atom is -0.464 e. The summed E-state index contributed by atoms with van der Waals surface area (Å²) in [5.41, 5.74) is 1.81. The molecule has 0 saturated heterocycles. The number of carbonyl (C=O) groups excluding carboxylic acids is 1. The molecule has 0 amide bonds. The Labute approximate surface area is 114 Å². The van der Waals surface area contributed by atoms with Crippen LogP contribution < -0.4 is 0 Å². The largest absolute Gasteiger partial charge is 0.464 e. The monoisotopic (exact) mass is 269 g/mol. The van der Waals surface area contributed by atoms with Gasteiger partial charge in [0.1, 0.15) is 0 Å². The van der Waals surface area contributed by atoms with E-state index in [4.69, 9.17) is 0 Å².